The zero-order valence-corrected chi connectivity index (χ0v) is 37.8. The number of aromatic nitrogens is 1. The highest BCUT2D eigenvalue weighted by molar-refractivity contribution is 6.13. The summed E-state index contributed by atoms with van der Waals surface area (Å²) in [6, 6.07) is 98.6. The van der Waals surface area contributed by atoms with Gasteiger partial charge in [-0.15, -0.1) is 0 Å². The van der Waals surface area contributed by atoms with Gasteiger partial charge in [-0.2, -0.15) is 0 Å². The van der Waals surface area contributed by atoms with Crippen molar-refractivity contribution < 1.29 is 0 Å². The fourth-order valence-electron chi connectivity index (χ4n) is 11.8. The third-order valence-corrected chi connectivity index (χ3v) is 14.8. The number of benzene rings is 11. The Hall–Kier alpha value is -8.98. The molecule has 11 aromatic carbocycles. The van der Waals surface area contributed by atoms with Crippen LogP contribution in [0.25, 0.3) is 83.1 Å². The summed E-state index contributed by atoms with van der Waals surface area (Å²) in [5.74, 6) is 0. The highest BCUT2D eigenvalue weighted by atomic mass is 15.1. The van der Waals surface area contributed by atoms with Crippen LogP contribution in [-0.4, -0.2) is 4.57 Å². The van der Waals surface area contributed by atoms with Crippen molar-refractivity contribution in [1.29, 1.82) is 0 Å². The molecule has 2 aliphatic rings. The van der Waals surface area contributed by atoms with E-state index in [0.717, 1.165) is 28.2 Å². The fourth-order valence-corrected chi connectivity index (χ4v) is 11.8. The highest BCUT2D eigenvalue weighted by Crippen LogP contribution is 2.61. The van der Waals surface area contributed by atoms with E-state index in [1.165, 1.54) is 94.3 Å². The van der Waals surface area contributed by atoms with E-state index in [9.17, 15) is 0 Å². The van der Waals surface area contributed by atoms with Crippen molar-refractivity contribution in [2.24, 2.45) is 0 Å². The average molecular weight is 877 g/mol. The number of rotatable bonds is 7. The van der Waals surface area contributed by atoms with Crippen LogP contribution in [0.2, 0.25) is 0 Å². The number of hydrogen-bond donors (Lipinski definition) is 0. The van der Waals surface area contributed by atoms with Gasteiger partial charge in [0.05, 0.1) is 27.8 Å². The zero-order chi connectivity index (χ0) is 45.5. The van der Waals surface area contributed by atoms with Crippen molar-refractivity contribution in [3.05, 3.63) is 289 Å². The van der Waals surface area contributed by atoms with E-state index in [-0.39, 0.29) is 0 Å². The van der Waals surface area contributed by atoms with E-state index >= 15 is 0 Å². The van der Waals surface area contributed by atoms with Gasteiger partial charge in [0.2, 0.25) is 0 Å². The number of para-hydroxylation sites is 4. The SMILES string of the molecule is c1ccc(-c2ccc(N(c3cccc(-c4ccc5c(c4)C4(c6ccccc6-5)c5ccccc5-n5c6ccccc6c6cccc4c65)c3)c3ccccc3-c3cccc(-c4ccccc4)c3)cc2)cc1. The second-order valence-corrected chi connectivity index (χ2v) is 18.4. The van der Waals surface area contributed by atoms with Crippen LogP contribution in [0.3, 0.4) is 0 Å². The van der Waals surface area contributed by atoms with Crippen molar-refractivity contribution >= 4 is 38.9 Å². The first-order valence-corrected chi connectivity index (χ1v) is 23.9. The minimum atomic E-state index is -0.528. The summed E-state index contributed by atoms with van der Waals surface area (Å²) in [5, 5.41) is 2.57. The summed E-state index contributed by atoms with van der Waals surface area (Å²) in [6.07, 6.45) is 0. The van der Waals surface area contributed by atoms with Crippen LogP contribution in [0.5, 0.6) is 0 Å². The summed E-state index contributed by atoms with van der Waals surface area (Å²) < 4.78 is 2.52. The second kappa shape index (κ2) is 15.6. The lowest BCUT2D eigenvalue weighted by molar-refractivity contribution is 0.749. The normalized spacial score (nSPS) is 14.1. The third kappa shape index (κ3) is 5.92. The molecule has 0 bridgehead atoms. The molecule has 2 heteroatoms. The standard InChI is InChI=1S/C67H44N2/c1-3-18-45(19-4-1)47-36-39-52(40-37-47)68(63-33-12-8-26-54(63)51-24-15-22-48(42-51)46-20-5-2-6-21-46)53-25-16-23-49(43-53)50-38-41-56-55-27-7-10-30-59(55)67(62(56)44-50)60-31-11-14-35-65(60)69-64-34-13-9-28-57(64)58-29-17-32-61(67)66(58)69/h1-44H. The van der Waals surface area contributed by atoms with Crippen LogP contribution in [0.15, 0.2) is 267 Å². The van der Waals surface area contributed by atoms with Gasteiger partial charge >= 0.3 is 0 Å². The topological polar surface area (TPSA) is 8.17 Å². The maximum Gasteiger partial charge on any atom is 0.0754 e. The Kier molecular flexibility index (Phi) is 8.84. The molecule has 14 rings (SSSR count). The van der Waals surface area contributed by atoms with E-state index < -0.39 is 5.41 Å². The van der Waals surface area contributed by atoms with Gasteiger partial charge in [-0.05, 0) is 127 Å². The maximum absolute atomic E-state index is 2.52. The summed E-state index contributed by atoms with van der Waals surface area (Å²) in [7, 11) is 0. The lowest BCUT2D eigenvalue weighted by Crippen LogP contribution is -2.33. The molecule has 12 aromatic rings. The van der Waals surface area contributed by atoms with Crippen LogP contribution < -0.4 is 4.90 Å². The predicted octanol–water partition coefficient (Wildman–Crippen LogP) is 17.6. The van der Waals surface area contributed by atoms with Crippen molar-refractivity contribution in [3.8, 4) is 61.3 Å². The molecule has 0 amide bonds. The molecule has 0 radical (unpaired) electrons. The summed E-state index contributed by atoms with van der Waals surface area (Å²) in [6.45, 7) is 0. The van der Waals surface area contributed by atoms with Crippen LogP contribution in [0.1, 0.15) is 22.3 Å². The van der Waals surface area contributed by atoms with Gasteiger partial charge in [-0.3, -0.25) is 0 Å². The number of anilines is 3. The predicted molar refractivity (Wildman–Crippen MR) is 288 cm³/mol. The van der Waals surface area contributed by atoms with Crippen LogP contribution in [0.4, 0.5) is 17.1 Å². The van der Waals surface area contributed by atoms with Gasteiger partial charge in [-0.1, -0.05) is 212 Å². The van der Waals surface area contributed by atoms with Gasteiger partial charge in [0.25, 0.3) is 0 Å². The molecule has 1 unspecified atom stereocenters. The molecule has 69 heavy (non-hydrogen) atoms. The summed E-state index contributed by atoms with van der Waals surface area (Å²) in [4.78, 5) is 2.43. The number of fused-ring (bicyclic) bond motifs is 12. The Morgan fingerprint density at radius 2 is 0.826 bits per heavy atom. The molecule has 1 aliphatic carbocycles. The minimum Gasteiger partial charge on any atom is -0.310 e. The number of nitrogens with zero attached hydrogens (tertiary/aromatic N) is 2. The average Bonchev–Trinajstić information content (AvgIpc) is 3.92. The lowest BCUT2D eigenvalue weighted by Gasteiger charge is -2.39. The van der Waals surface area contributed by atoms with Crippen molar-refractivity contribution in [2.75, 3.05) is 4.90 Å². The van der Waals surface area contributed by atoms with Gasteiger partial charge < -0.3 is 9.47 Å². The van der Waals surface area contributed by atoms with Gasteiger partial charge in [0.15, 0.2) is 0 Å². The maximum atomic E-state index is 2.52. The molecular weight excluding hydrogens is 833 g/mol. The van der Waals surface area contributed by atoms with Crippen LogP contribution in [-0.2, 0) is 5.41 Å². The highest BCUT2D eigenvalue weighted by Gasteiger charge is 2.50. The first-order chi connectivity index (χ1) is 34.2. The molecule has 1 aromatic heterocycles. The van der Waals surface area contributed by atoms with Gasteiger partial charge in [-0.25, -0.2) is 0 Å². The Labute approximate surface area is 402 Å². The largest absolute Gasteiger partial charge is 0.310 e. The van der Waals surface area contributed by atoms with Gasteiger partial charge in [0, 0.05) is 27.7 Å². The Morgan fingerprint density at radius 3 is 1.65 bits per heavy atom. The lowest BCUT2D eigenvalue weighted by atomic mass is 9.65. The minimum absolute atomic E-state index is 0.528. The first-order valence-electron chi connectivity index (χ1n) is 23.9. The molecule has 0 saturated heterocycles. The van der Waals surface area contributed by atoms with E-state index in [1.807, 2.05) is 0 Å². The zero-order valence-electron chi connectivity index (χ0n) is 37.8. The van der Waals surface area contributed by atoms with Crippen molar-refractivity contribution in [3.63, 3.8) is 0 Å². The van der Waals surface area contributed by atoms with Crippen molar-refractivity contribution in [1.82, 2.24) is 4.57 Å². The Morgan fingerprint density at radius 1 is 0.290 bits per heavy atom. The Balaban J connectivity index is 0.961. The molecule has 0 saturated carbocycles. The van der Waals surface area contributed by atoms with Crippen molar-refractivity contribution in [2.45, 2.75) is 5.41 Å². The molecule has 2 nitrogen and oxygen atoms in total. The third-order valence-electron chi connectivity index (χ3n) is 14.8. The van der Waals surface area contributed by atoms with E-state index in [2.05, 4.69) is 276 Å². The number of hydrogen-bond acceptors (Lipinski definition) is 1. The molecule has 1 spiro atoms. The molecular formula is C67H44N2. The summed E-state index contributed by atoms with van der Waals surface area (Å²) in [5.41, 5.74) is 23.8. The van der Waals surface area contributed by atoms with Crippen LogP contribution >= 0.6 is 0 Å². The fraction of sp³-hybridized carbons (Fsp3) is 0.0149. The molecule has 0 N–H and O–H groups in total. The molecule has 0 fully saturated rings. The monoisotopic (exact) mass is 876 g/mol. The smallest absolute Gasteiger partial charge is 0.0754 e. The van der Waals surface area contributed by atoms with E-state index in [0.29, 0.717) is 0 Å². The molecule has 322 valence electrons. The van der Waals surface area contributed by atoms with E-state index in [1.54, 1.807) is 0 Å². The molecule has 1 atom stereocenters. The molecule has 2 heterocycles. The Bertz CT molecular complexity index is 3960. The summed E-state index contributed by atoms with van der Waals surface area (Å²) >= 11 is 0. The quantitative estimate of drug-likeness (QED) is 0.155. The van der Waals surface area contributed by atoms with Gasteiger partial charge in [0.1, 0.15) is 0 Å². The second-order valence-electron chi connectivity index (χ2n) is 18.4. The molecule has 1 aliphatic heterocycles. The van der Waals surface area contributed by atoms with E-state index in [4.69, 9.17) is 0 Å². The first kappa shape index (κ1) is 39.2. The van der Waals surface area contributed by atoms with Crippen LogP contribution in [0, 0.1) is 0 Å².